The Bertz CT molecular complexity index is 645. The Balaban J connectivity index is 2.04. The lowest BCUT2D eigenvalue weighted by Gasteiger charge is -2.07. The van der Waals surface area contributed by atoms with E-state index in [1.54, 1.807) is 12.3 Å². The Morgan fingerprint density at radius 2 is 2.26 bits per heavy atom. The van der Waals surface area contributed by atoms with Gasteiger partial charge in [-0.15, -0.1) is 5.10 Å². The smallest absolute Gasteiger partial charge is 0.250 e. The molecule has 100 valence electrons. The number of carbonyl (C=O) groups excluding carboxylic acids is 1. The Morgan fingerprint density at radius 3 is 2.89 bits per heavy atom. The molecule has 3 N–H and O–H groups in total. The molecule has 2 rings (SSSR count). The van der Waals surface area contributed by atoms with E-state index < -0.39 is 0 Å². The molecular weight excluding hydrogens is 248 g/mol. The second-order valence-corrected chi connectivity index (χ2v) is 3.89. The maximum absolute atomic E-state index is 11.7. The second kappa shape index (κ2) is 5.34. The molecule has 0 aromatic carbocycles. The zero-order valence-corrected chi connectivity index (χ0v) is 10.4. The second-order valence-electron chi connectivity index (χ2n) is 3.89. The highest BCUT2D eigenvalue weighted by Crippen LogP contribution is 2.03. The summed E-state index contributed by atoms with van der Waals surface area (Å²) < 4.78 is 2.84. The number of nitrogen functional groups attached to an aromatic ring is 1. The van der Waals surface area contributed by atoms with Crippen molar-refractivity contribution in [2.75, 3.05) is 11.1 Å². The van der Waals surface area contributed by atoms with Crippen LogP contribution < -0.4 is 16.6 Å². The summed E-state index contributed by atoms with van der Waals surface area (Å²) >= 11 is 0. The van der Waals surface area contributed by atoms with Gasteiger partial charge in [0.2, 0.25) is 11.9 Å². The number of carbonyl (C=O) groups is 1. The minimum absolute atomic E-state index is 0.00938. The van der Waals surface area contributed by atoms with E-state index in [1.807, 2.05) is 6.92 Å². The molecule has 0 aliphatic rings. The number of anilines is 2. The van der Waals surface area contributed by atoms with E-state index in [9.17, 15) is 9.59 Å². The average Bonchev–Trinajstić information content (AvgIpc) is 2.77. The molecule has 0 atom stereocenters. The molecule has 0 fully saturated rings. The van der Waals surface area contributed by atoms with Crippen molar-refractivity contribution in [3.8, 4) is 0 Å². The van der Waals surface area contributed by atoms with Gasteiger partial charge in [-0.05, 0) is 13.0 Å². The minimum atomic E-state index is -0.272. The summed E-state index contributed by atoms with van der Waals surface area (Å²) in [5.74, 6) is -0.154. The van der Waals surface area contributed by atoms with Gasteiger partial charge in [-0.25, -0.2) is 9.67 Å². The van der Waals surface area contributed by atoms with E-state index in [0.29, 0.717) is 12.2 Å². The van der Waals surface area contributed by atoms with Crippen molar-refractivity contribution in [1.82, 2.24) is 19.3 Å². The van der Waals surface area contributed by atoms with Crippen molar-refractivity contribution < 1.29 is 4.79 Å². The number of rotatable bonds is 4. The first-order valence-corrected chi connectivity index (χ1v) is 5.73. The van der Waals surface area contributed by atoms with Crippen LogP contribution in [0.15, 0.2) is 29.5 Å². The van der Waals surface area contributed by atoms with Crippen LogP contribution in [0.2, 0.25) is 0 Å². The summed E-state index contributed by atoms with van der Waals surface area (Å²) in [6.45, 7) is 2.41. The molecule has 8 nitrogen and oxygen atoms in total. The maximum Gasteiger partial charge on any atom is 0.250 e. The SMILES string of the molecule is CCn1cc(NC(=O)Cn2cnc(N)n2)ccc1=O. The summed E-state index contributed by atoms with van der Waals surface area (Å²) in [7, 11) is 0. The Morgan fingerprint density at radius 1 is 1.47 bits per heavy atom. The lowest BCUT2D eigenvalue weighted by molar-refractivity contribution is -0.116. The molecular formula is C11H14N6O2. The highest BCUT2D eigenvalue weighted by Gasteiger charge is 2.06. The van der Waals surface area contributed by atoms with E-state index in [2.05, 4.69) is 15.4 Å². The molecule has 2 heterocycles. The number of nitrogens with two attached hydrogens (primary N) is 1. The summed E-state index contributed by atoms with van der Waals surface area (Å²) in [6, 6.07) is 2.97. The third-order valence-electron chi connectivity index (χ3n) is 2.47. The van der Waals surface area contributed by atoms with Crippen molar-refractivity contribution in [1.29, 1.82) is 0 Å². The fourth-order valence-corrected chi connectivity index (χ4v) is 1.59. The van der Waals surface area contributed by atoms with Crippen LogP contribution in [-0.4, -0.2) is 25.2 Å². The van der Waals surface area contributed by atoms with Gasteiger partial charge in [0.15, 0.2) is 0 Å². The molecule has 19 heavy (non-hydrogen) atoms. The third-order valence-corrected chi connectivity index (χ3v) is 2.47. The quantitative estimate of drug-likeness (QED) is 0.785. The molecule has 0 aliphatic carbocycles. The Hall–Kier alpha value is -2.64. The molecule has 0 radical (unpaired) electrons. The number of hydrogen-bond acceptors (Lipinski definition) is 5. The summed E-state index contributed by atoms with van der Waals surface area (Å²) in [5.41, 5.74) is 5.80. The summed E-state index contributed by atoms with van der Waals surface area (Å²) in [6.07, 6.45) is 2.97. The molecule has 8 heteroatoms. The monoisotopic (exact) mass is 262 g/mol. The first kappa shape index (κ1) is 12.8. The normalized spacial score (nSPS) is 10.4. The van der Waals surface area contributed by atoms with Crippen LogP contribution in [0.5, 0.6) is 0 Å². The van der Waals surface area contributed by atoms with Crippen LogP contribution in [0.25, 0.3) is 0 Å². The number of hydrogen-bond donors (Lipinski definition) is 2. The van der Waals surface area contributed by atoms with Gasteiger partial charge in [0.05, 0.1) is 5.69 Å². The number of aryl methyl sites for hydroxylation is 1. The molecule has 2 aromatic heterocycles. The van der Waals surface area contributed by atoms with Gasteiger partial charge < -0.3 is 15.6 Å². The number of amides is 1. The van der Waals surface area contributed by atoms with E-state index in [4.69, 9.17) is 5.73 Å². The van der Waals surface area contributed by atoms with Gasteiger partial charge in [-0.1, -0.05) is 0 Å². The number of pyridine rings is 1. The predicted octanol–water partition coefficient (Wildman–Crippen LogP) is -0.319. The molecule has 0 saturated heterocycles. The molecule has 0 aliphatic heterocycles. The van der Waals surface area contributed by atoms with E-state index in [0.717, 1.165) is 0 Å². The van der Waals surface area contributed by atoms with Crippen LogP contribution >= 0.6 is 0 Å². The fraction of sp³-hybridized carbons (Fsp3) is 0.273. The zero-order valence-electron chi connectivity index (χ0n) is 10.4. The number of nitrogens with zero attached hydrogens (tertiary/aromatic N) is 4. The molecule has 1 amide bonds. The van der Waals surface area contributed by atoms with E-state index in [-0.39, 0.29) is 24.0 Å². The number of nitrogens with one attached hydrogen (secondary N) is 1. The van der Waals surface area contributed by atoms with Gasteiger partial charge >= 0.3 is 0 Å². The van der Waals surface area contributed by atoms with Crippen molar-refractivity contribution in [2.24, 2.45) is 0 Å². The molecule has 0 unspecified atom stereocenters. The van der Waals surface area contributed by atoms with Crippen LogP contribution in [0.1, 0.15) is 6.92 Å². The van der Waals surface area contributed by atoms with Crippen LogP contribution in [0.3, 0.4) is 0 Å². The highest BCUT2D eigenvalue weighted by molar-refractivity contribution is 5.90. The average molecular weight is 262 g/mol. The summed E-state index contributed by atoms with van der Waals surface area (Å²) in [5, 5.41) is 6.48. The zero-order chi connectivity index (χ0) is 13.8. The van der Waals surface area contributed by atoms with Crippen molar-refractivity contribution in [3.05, 3.63) is 35.0 Å². The van der Waals surface area contributed by atoms with Gasteiger partial charge in [0.25, 0.3) is 5.56 Å². The lowest BCUT2D eigenvalue weighted by atomic mass is 10.4. The van der Waals surface area contributed by atoms with E-state index >= 15 is 0 Å². The van der Waals surface area contributed by atoms with Gasteiger partial charge in [-0.3, -0.25) is 9.59 Å². The summed E-state index contributed by atoms with van der Waals surface area (Å²) in [4.78, 5) is 26.9. The first-order valence-electron chi connectivity index (χ1n) is 5.73. The number of aromatic nitrogens is 4. The van der Waals surface area contributed by atoms with Crippen molar-refractivity contribution >= 4 is 17.5 Å². The van der Waals surface area contributed by atoms with Gasteiger partial charge in [0, 0.05) is 18.8 Å². The van der Waals surface area contributed by atoms with Crippen molar-refractivity contribution in [3.63, 3.8) is 0 Å². The minimum Gasteiger partial charge on any atom is -0.367 e. The Kier molecular flexibility index (Phi) is 3.60. The largest absolute Gasteiger partial charge is 0.367 e. The third kappa shape index (κ3) is 3.18. The fourth-order valence-electron chi connectivity index (χ4n) is 1.59. The van der Waals surface area contributed by atoms with Gasteiger partial charge in [0.1, 0.15) is 12.9 Å². The van der Waals surface area contributed by atoms with Crippen LogP contribution in [0.4, 0.5) is 11.6 Å². The predicted molar refractivity (Wildman–Crippen MR) is 69.4 cm³/mol. The van der Waals surface area contributed by atoms with Crippen LogP contribution in [0, 0.1) is 0 Å². The molecule has 0 spiro atoms. The lowest BCUT2D eigenvalue weighted by Crippen LogP contribution is -2.22. The standard InChI is InChI=1S/C11H14N6O2/c1-2-16-5-8(3-4-10(16)19)14-9(18)6-17-7-13-11(12)15-17/h3-5,7H,2,6H2,1H3,(H2,12,15)(H,14,18). The Labute approximate surface area is 108 Å². The molecule has 2 aromatic rings. The molecule has 0 saturated carbocycles. The first-order chi connectivity index (χ1) is 9.08. The topological polar surface area (TPSA) is 108 Å². The van der Waals surface area contributed by atoms with Gasteiger partial charge in [-0.2, -0.15) is 0 Å². The van der Waals surface area contributed by atoms with Crippen LogP contribution in [-0.2, 0) is 17.9 Å². The van der Waals surface area contributed by atoms with E-state index in [1.165, 1.54) is 21.6 Å². The maximum atomic E-state index is 11.7. The van der Waals surface area contributed by atoms with Crippen molar-refractivity contribution in [2.45, 2.75) is 20.0 Å². The molecule has 0 bridgehead atoms. The highest BCUT2D eigenvalue weighted by atomic mass is 16.2.